The van der Waals surface area contributed by atoms with Crippen LogP contribution in [0, 0.1) is 28.5 Å². The molecule has 8 nitrogen and oxygen atoms in total. The van der Waals surface area contributed by atoms with Crippen LogP contribution in [0.1, 0.15) is 73.6 Å². The van der Waals surface area contributed by atoms with Gasteiger partial charge in [0.05, 0.1) is 48.6 Å². The van der Waals surface area contributed by atoms with Gasteiger partial charge in [0.1, 0.15) is 17.3 Å². The van der Waals surface area contributed by atoms with Crippen LogP contribution >= 0.6 is 0 Å². The van der Waals surface area contributed by atoms with Gasteiger partial charge in [-0.25, -0.2) is 9.07 Å². The van der Waals surface area contributed by atoms with Gasteiger partial charge >= 0.3 is 0 Å². The fraction of sp³-hybridized carbons (Fsp3) is 0.219. The van der Waals surface area contributed by atoms with E-state index in [2.05, 4.69) is 38.1 Å². The molecule has 1 fully saturated rings. The zero-order chi connectivity index (χ0) is 29.3. The third-order valence-electron chi connectivity index (χ3n) is 7.21. The van der Waals surface area contributed by atoms with Gasteiger partial charge in [-0.1, -0.05) is 54.6 Å². The van der Waals surface area contributed by atoms with Crippen molar-refractivity contribution in [3.63, 3.8) is 0 Å². The first-order chi connectivity index (χ1) is 20.4. The van der Waals surface area contributed by atoms with E-state index in [0.717, 1.165) is 24.8 Å². The van der Waals surface area contributed by atoms with Crippen LogP contribution in [0.2, 0.25) is 0 Å². The molecule has 1 aliphatic rings. The Labute approximate surface area is 238 Å². The lowest BCUT2D eigenvalue weighted by Gasteiger charge is -2.22. The molecule has 5 aromatic rings. The zero-order valence-electron chi connectivity index (χ0n) is 23.3. The minimum atomic E-state index is -1.70. The molecule has 0 aliphatic heterocycles. The lowest BCUT2D eigenvalue weighted by molar-refractivity contribution is 0.610. The number of pyridine rings is 1. The average molecular weight is 544 g/mol. The number of rotatable bonds is 9. The zero-order valence-corrected chi connectivity index (χ0v) is 22.3. The van der Waals surface area contributed by atoms with Crippen molar-refractivity contribution < 1.29 is 5.76 Å². The predicted molar refractivity (Wildman–Crippen MR) is 154 cm³/mol. The Morgan fingerprint density at radius 1 is 1.05 bits per heavy atom. The number of aromatic nitrogens is 4. The number of benzene rings is 3. The maximum absolute atomic E-state index is 15.7. The van der Waals surface area contributed by atoms with E-state index in [0.29, 0.717) is 27.9 Å². The summed E-state index contributed by atoms with van der Waals surface area (Å²) in [6.45, 7) is 2.03. The molecule has 1 aliphatic carbocycles. The number of hydrogen-bond acceptors (Lipinski definition) is 7. The van der Waals surface area contributed by atoms with E-state index in [1.807, 2.05) is 37.3 Å². The number of nitrogens with zero attached hydrogens (tertiary/aromatic N) is 6. The second-order valence-electron chi connectivity index (χ2n) is 10.0. The molecule has 2 heterocycles. The topological polar surface area (TPSA) is 115 Å². The van der Waals surface area contributed by atoms with Crippen molar-refractivity contribution in [2.24, 2.45) is 0 Å². The van der Waals surface area contributed by atoms with Crippen LogP contribution in [-0.2, 0) is 0 Å². The highest BCUT2D eigenvalue weighted by Gasteiger charge is 2.27. The number of halogens is 1. The maximum atomic E-state index is 15.7. The highest BCUT2D eigenvalue weighted by molar-refractivity contribution is 5.96. The van der Waals surface area contributed by atoms with Crippen molar-refractivity contribution in [1.82, 2.24) is 20.0 Å². The van der Waals surface area contributed by atoms with E-state index >= 15 is 4.39 Å². The first-order valence-corrected chi connectivity index (χ1v) is 13.5. The summed E-state index contributed by atoms with van der Waals surface area (Å²) >= 11 is 0. The summed E-state index contributed by atoms with van der Waals surface area (Å²) in [6.07, 6.45) is 5.81. The SMILES string of the molecule is [2H]C(Nc1cc(F)c2ncc(C#N)c(NC(CC)c3ccccc3)c2c1)(c1cccc(C#N)c1)c1cn(C2CC2)nn1. The largest absolute Gasteiger partial charge is 0.377 e. The molecule has 3 aromatic carbocycles. The summed E-state index contributed by atoms with van der Waals surface area (Å²) in [7, 11) is 0. The standard InChI is InChI=1S/C32H27FN8/c1-2-28(21-8-4-3-5-9-21)38-30-23(17-35)18-36-32-26(30)14-24(15-27(32)33)37-31(22-10-6-7-20(13-22)16-34)29-19-41(40-39-29)25-11-12-25/h3-10,13-15,18-19,25,28,31,37H,2,11-12H2,1H3,(H,36,38)/i31D. The van der Waals surface area contributed by atoms with Crippen LogP contribution < -0.4 is 10.6 Å². The van der Waals surface area contributed by atoms with Crippen molar-refractivity contribution >= 4 is 22.3 Å². The molecule has 9 heteroatoms. The molecule has 2 N–H and O–H groups in total. The molecule has 0 amide bonds. The summed E-state index contributed by atoms with van der Waals surface area (Å²) in [5, 5.41) is 35.1. The fourth-order valence-corrected chi connectivity index (χ4v) is 4.93. The summed E-state index contributed by atoms with van der Waals surface area (Å²) in [4.78, 5) is 4.25. The Hall–Kier alpha value is -5.28. The molecule has 0 radical (unpaired) electrons. The minimum Gasteiger partial charge on any atom is -0.377 e. The number of hydrogen-bond donors (Lipinski definition) is 2. The summed E-state index contributed by atoms with van der Waals surface area (Å²) in [5.41, 5.74) is 3.29. The van der Waals surface area contributed by atoms with Crippen molar-refractivity contribution in [3.8, 4) is 12.1 Å². The Morgan fingerprint density at radius 2 is 1.85 bits per heavy atom. The molecular weight excluding hydrogens is 515 g/mol. The van der Waals surface area contributed by atoms with Crippen molar-refractivity contribution in [2.75, 3.05) is 10.6 Å². The Morgan fingerprint density at radius 3 is 2.59 bits per heavy atom. The number of nitriles is 2. The quantitative estimate of drug-likeness (QED) is 0.210. The molecule has 2 atom stereocenters. The molecule has 2 aromatic heterocycles. The van der Waals surface area contributed by atoms with E-state index < -0.39 is 11.8 Å². The number of fused-ring (bicyclic) bond motifs is 1. The van der Waals surface area contributed by atoms with Gasteiger partial charge in [0.15, 0.2) is 5.82 Å². The van der Waals surface area contributed by atoms with Crippen LogP contribution in [0.3, 0.4) is 0 Å². The van der Waals surface area contributed by atoms with Gasteiger partial charge in [-0.05, 0) is 54.7 Å². The van der Waals surface area contributed by atoms with Crippen molar-refractivity contribution in [3.05, 3.63) is 113 Å². The van der Waals surface area contributed by atoms with E-state index in [4.69, 9.17) is 0 Å². The summed E-state index contributed by atoms with van der Waals surface area (Å²) in [6, 6.07) is 22.2. The molecule has 0 spiro atoms. The molecule has 2 unspecified atom stereocenters. The monoisotopic (exact) mass is 543 g/mol. The molecule has 41 heavy (non-hydrogen) atoms. The second kappa shape index (κ2) is 11.1. The summed E-state index contributed by atoms with van der Waals surface area (Å²) in [5.74, 6) is -0.606. The van der Waals surface area contributed by atoms with Crippen molar-refractivity contribution in [1.29, 1.82) is 10.5 Å². The lowest BCUT2D eigenvalue weighted by atomic mass is 10.0. The van der Waals surface area contributed by atoms with Gasteiger partial charge in [0.25, 0.3) is 0 Å². The smallest absolute Gasteiger partial charge is 0.151 e. The first-order valence-electron chi connectivity index (χ1n) is 14.0. The first kappa shape index (κ1) is 24.7. The van der Waals surface area contributed by atoms with Crippen molar-refractivity contribution in [2.45, 2.75) is 44.3 Å². The predicted octanol–water partition coefficient (Wildman–Crippen LogP) is 6.81. The van der Waals surface area contributed by atoms with Gasteiger partial charge in [0.2, 0.25) is 0 Å². The van der Waals surface area contributed by atoms with Crippen LogP contribution in [0.5, 0.6) is 0 Å². The normalized spacial score (nSPS) is 15.3. The van der Waals surface area contributed by atoms with Crippen LogP contribution in [-0.4, -0.2) is 20.0 Å². The Balaban J connectivity index is 1.47. The Bertz CT molecular complexity index is 1850. The third-order valence-corrected chi connectivity index (χ3v) is 7.21. The highest BCUT2D eigenvalue weighted by atomic mass is 19.1. The highest BCUT2D eigenvalue weighted by Crippen LogP contribution is 2.37. The van der Waals surface area contributed by atoms with E-state index in [1.54, 1.807) is 41.2 Å². The van der Waals surface area contributed by atoms with E-state index in [9.17, 15) is 11.9 Å². The third kappa shape index (κ3) is 5.30. The number of nitrogens with one attached hydrogen (secondary N) is 2. The molecule has 6 rings (SSSR count). The minimum absolute atomic E-state index is 0.103. The molecule has 0 saturated heterocycles. The molecule has 1 saturated carbocycles. The van der Waals surface area contributed by atoms with Gasteiger partial charge in [0, 0.05) is 17.3 Å². The average Bonchev–Trinajstić information content (AvgIpc) is 3.75. The van der Waals surface area contributed by atoms with Crippen LogP contribution in [0.15, 0.2) is 79.1 Å². The molecule has 0 bridgehead atoms. The van der Waals surface area contributed by atoms with Gasteiger partial charge in [-0.15, -0.1) is 5.10 Å². The van der Waals surface area contributed by atoms with Gasteiger partial charge in [-0.2, -0.15) is 10.5 Å². The van der Waals surface area contributed by atoms with Gasteiger partial charge < -0.3 is 10.6 Å². The second-order valence-corrected chi connectivity index (χ2v) is 10.0. The lowest BCUT2D eigenvalue weighted by Crippen LogP contribution is -2.14. The van der Waals surface area contributed by atoms with Crippen LogP contribution in [0.25, 0.3) is 10.9 Å². The van der Waals surface area contributed by atoms with Crippen LogP contribution in [0.4, 0.5) is 15.8 Å². The summed E-state index contributed by atoms with van der Waals surface area (Å²) < 4.78 is 27.0. The fourth-order valence-electron chi connectivity index (χ4n) is 4.93. The maximum Gasteiger partial charge on any atom is 0.151 e. The van der Waals surface area contributed by atoms with E-state index in [1.165, 1.54) is 12.3 Å². The molecule has 202 valence electrons. The van der Waals surface area contributed by atoms with E-state index in [-0.39, 0.29) is 28.9 Å². The van der Waals surface area contributed by atoms with Gasteiger partial charge in [-0.3, -0.25) is 4.98 Å². The Kier molecular flexibility index (Phi) is 6.68. The molecular formula is C32H27FN8. The number of anilines is 2.